The van der Waals surface area contributed by atoms with E-state index in [9.17, 15) is 14.4 Å². The van der Waals surface area contributed by atoms with E-state index in [0.717, 1.165) is 0 Å². The molecule has 3 aromatic heterocycles. The first kappa shape index (κ1) is 19.5. The molecule has 0 spiro atoms. The second-order valence-electron chi connectivity index (χ2n) is 6.86. The number of amides is 1. The number of rotatable bonds is 6. The van der Waals surface area contributed by atoms with Crippen molar-refractivity contribution in [2.24, 2.45) is 0 Å². The normalized spacial score (nSPS) is 11.1. The van der Waals surface area contributed by atoms with E-state index >= 15 is 0 Å². The molecule has 8 nitrogen and oxygen atoms in total. The molecule has 0 saturated heterocycles. The van der Waals surface area contributed by atoms with Gasteiger partial charge in [-0.3, -0.25) is 24.1 Å². The van der Waals surface area contributed by atoms with Gasteiger partial charge in [0.25, 0.3) is 11.5 Å². The van der Waals surface area contributed by atoms with Crippen molar-refractivity contribution in [1.82, 2.24) is 24.8 Å². The molecule has 0 aliphatic rings. The van der Waals surface area contributed by atoms with Crippen LogP contribution in [0.15, 0.2) is 40.1 Å². The Morgan fingerprint density at radius 1 is 1.29 bits per heavy atom. The number of hydrogen-bond acceptors (Lipinski definition) is 5. The number of fused-ring (bicyclic) bond motifs is 1. The van der Waals surface area contributed by atoms with Crippen LogP contribution in [0.4, 0.5) is 0 Å². The third-order valence-corrected chi connectivity index (χ3v) is 4.41. The average molecular weight is 381 g/mol. The van der Waals surface area contributed by atoms with E-state index in [-0.39, 0.29) is 29.1 Å². The highest BCUT2D eigenvalue weighted by molar-refractivity contribution is 6.05. The van der Waals surface area contributed by atoms with Crippen LogP contribution in [0.3, 0.4) is 0 Å². The molecule has 3 aromatic rings. The standard InChI is InChI=1S/C20H23N5O3/c1-4-9-25-17-16(19(27)24-20(25)28)14(10-15(23-17)12(2)3)18(26)22-11-13-7-5-6-8-21-13/h5-8,10,12H,4,9,11H2,1-3H3,(H,22,26)(H,24,27,28). The quantitative estimate of drug-likeness (QED) is 0.678. The van der Waals surface area contributed by atoms with Crippen molar-refractivity contribution < 1.29 is 4.79 Å². The second-order valence-corrected chi connectivity index (χ2v) is 6.86. The Bertz CT molecular complexity index is 1120. The molecule has 0 atom stereocenters. The number of aryl methyl sites for hydroxylation is 1. The lowest BCUT2D eigenvalue weighted by molar-refractivity contribution is 0.0951. The lowest BCUT2D eigenvalue weighted by atomic mass is 10.0. The first-order valence-electron chi connectivity index (χ1n) is 9.28. The molecule has 0 aliphatic heterocycles. The molecule has 0 aromatic carbocycles. The van der Waals surface area contributed by atoms with Crippen molar-refractivity contribution in [3.05, 3.63) is 68.3 Å². The molecule has 8 heteroatoms. The second kappa shape index (κ2) is 8.16. The highest BCUT2D eigenvalue weighted by Crippen LogP contribution is 2.20. The maximum Gasteiger partial charge on any atom is 0.329 e. The summed E-state index contributed by atoms with van der Waals surface area (Å²) >= 11 is 0. The van der Waals surface area contributed by atoms with Crippen molar-refractivity contribution in [2.75, 3.05) is 0 Å². The largest absolute Gasteiger partial charge is 0.346 e. The van der Waals surface area contributed by atoms with Crippen molar-refractivity contribution >= 4 is 16.9 Å². The van der Waals surface area contributed by atoms with Crippen molar-refractivity contribution in [2.45, 2.75) is 46.2 Å². The van der Waals surface area contributed by atoms with Crippen LogP contribution in [0.25, 0.3) is 11.0 Å². The van der Waals surface area contributed by atoms with E-state index in [1.165, 1.54) is 4.57 Å². The van der Waals surface area contributed by atoms with Crippen LogP contribution in [0.5, 0.6) is 0 Å². The number of carbonyl (C=O) groups excluding carboxylic acids is 1. The molecule has 3 rings (SSSR count). The molecule has 1 amide bonds. The topological polar surface area (TPSA) is 110 Å². The van der Waals surface area contributed by atoms with Gasteiger partial charge in [0.15, 0.2) is 5.65 Å². The highest BCUT2D eigenvalue weighted by atomic mass is 16.2. The smallest absolute Gasteiger partial charge is 0.329 e. The van der Waals surface area contributed by atoms with E-state index in [1.54, 1.807) is 24.4 Å². The van der Waals surface area contributed by atoms with Crippen molar-refractivity contribution in [3.63, 3.8) is 0 Å². The Morgan fingerprint density at radius 2 is 2.07 bits per heavy atom. The number of pyridine rings is 2. The zero-order chi connectivity index (χ0) is 20.3. The number of aromatic nitrogens is 4. The SMILES string of the molecule is CCCn1c(=O)[nH]c(=O)c2c(C(=O)NCc3ccccn3)cc(C(C)C)nc21. The molecule has 0 bridgehead atoms. The summed E-state index contributed by atoms with van der Waals surface area (Å²) in [6.07, 6.45) is 2.34. The van der Waals surface area contributed by atoms with Crippen LogP contribution in [-0.2, 0) is 13.1 Å². The summed E-state index contributed by atoms with van der Waals surface area (Å²) in [6, 6.07) is 7.05. The van der Waals surface area contributed by atoms with Crippen LogP contribution >= 0.6 is 0 Å². The van der Waals surface area contributed by atoms with Gasteiger partial charge in [0.1, 0.15) is 0 Å². The van der Waals surface area contributed by atoms with Gasteiger partial charge in [-0.05, 0) is 30.5 Å². The molecule has 146 valence electrons. The van der Waals surface area contributed by atoms with Gasteiger partial charge in [0.2, 0.25) is 0 Å². The minimum atomic E-state index is -0.613. The predicted molar refractivity (Wildman–Crippen MR) is 106 cm³/mol. The fraction of sp³-hybridized carbons (Fsp3) is 0.350. The Labute approximate surface area is 161 Å². The maximum atomic E-state index is 12.9. The van der Waals surface area contributed by atoms with Gasteiger partial charge in [0.05, 0.1) is 23.2 Å². The van der Waals surface area contributed by atoms with Crippen LogP contribution in [0.1, 0.15) is 54.9 Å². The Kier molecular flexibility index (Phi) is 5.67. The van der Waals surface area contributed by atoms with E-state index in [2.05, 4.69) is 20.3 Å². The van der Waals surface area contributed by atoms with Gasteiger partial charge in [-0.25, -0.2) is 9.78 Å². The zero-order valence-electron chi connectivity index (χ0n) is 16.2. The van der Waals surface area contributed by atoms with Crippen LogP contribution in [0, 0.1) is 0 Å². The van der Waals surface area contributed by atoms with E-state index in [0.29, 0.717) is 24.4 Å². The summed E-state index contributed by atoms with van der Waals surface area (Å²) in [4.78, 5) is 48.7. The molecule has 0 fully saturated rings. The lowest BCUT2D eigenvalue weighted by Crippen LogP contribution is -2.33. The van der Waals surface area contributed by atoms with Gasteiger partial charge in [0, 0.05) is 18.4 Å². The predicted octanol–water partition coefficient (Wildman–Crippen LogP) is 1.94. The number of aromatic amines is 1. The first-order valence-corrected chi connectivity index (χ1v) is 9.28. The van der Waals surface area contributed by atoms with Crippen molar-refractivity contribution in [1.29, 1.82) is 0 Å². The third kappa shape index (κ3) is 3.85. The summed E-state index contributed by atoms with van der Waals surface area (Å²) in [5, 5.41) is 2.92. The molecule has 0 saturated carbocycles. The molecular formula is C20H23N5O3. The number of H-pyrrole nitrogens is 1. The van der Waals surface area contributed by atoms with E-state index in [4.69, 9.17) is 0 Å². The van der Waals surface area contributed by atoms with Crippen molar-refractivity contribution in [3.8, 4) is 0 Å². The van der Waals surface area contributed by atoms with Gasteiger partial charge >= 0.3 is 5.69 Å². The summed E-state index contributed by atoms with van der Waals surface area (Å²) < 4.78 is 1.41. The number of hydrogen-bond donors (Lipinski definition) is 2. The lowest BCUT2D eigenvalue weighted by Gasteiger charge is -2.14. The summed E-state index contributed by atoms with van der Waals surface area (Å²) in [7, 11) is 0. The molecule has 3 heterocycles. The number of nitrogens with one attached hydrogen (secondary N) is 2. The third-order valence-electron chi connectivity index (χ3n) is 4.41. The first-order chi connectivity index (χ1) is 13.4. The highest BCUT2D eigenvalue weighted by Gasteiger charge is 2.20. The monoisotopic (exact) mass is 381 g/mol. The Morgan fingerprint density at radius 3 is 2.71 bits per heavy atom. The molecular weight excluding hydrogens is 358 g/mol. The fourth-order valence-electron chi connectivity index (χ4n) is 2.97. The average Bonchev–Trinajstić information content (AvgIpc) is 2.69. The summed E-state index contributed by atoms with van der Waals surface area (Å²) in [5.74, 6) is -0.386. The fourth-order valence-corrected chi connectivity index (χ4v) is 2.97. The maximum absolute atomic E-state index is 12.9. The van der Waals surface area contributed by atoms with Gasteiger partial charge in [-0.2, -0.15) is 0 Å². The van der Waals surface area contributed by atoms with Gasteiger partial charge in [-0.1, -0.05) is 26.8 Å². The molecule has 2 N–H and O–H groups in total. The molecule has 0 aliphatic carbocycles. The minimum absolute atomic E-state index is 0.0243. The van der Waals surface area contributed by atoms with E-state index < -0.39 is 17.2 Å². The van der Waals surface area contributed by atoms with Gasteiger partial charge < -0.3 is 5.32 Å². The zero-order valence-corrected chi connectivity index (χ0v) is 16.2. The molecule has 28 heavy (non-hydrogen) atoms. The Hall–Kier alpha value is -3.29. The summed E-state index contributed by atoms with van der Waals surface area (Å²) in [6.45, 7) is 6.44. The van der Waals surface area contributed by atoms with Crippen LogP contribution < -0.4 is 16.6 Å². The van der Waals surface area contributed by atoms with Gasteiger partial charge in [-0.15, -0.1) is 0 Å². The van der Waals surface area contributed by atoms with E-state index in [1.807, 2.05) is 26.8 Å². The van der Waals surface area contributed by atoms with Crippen LogP contribution in [-0.4, -0.2) is 25.4 Å². The minimum Gasteiger partial charge on any atom is -0.346 e. The summed E-state index contributed by atoms with van der Waals surface area (Å²) in [5.41, 5.74) is 0.659. The Balaban J connectivity index is 2.14. The molecule has 0 radical (unpaired) electrons. The molecule has 0 unspecified atom stereocenters. The number of nitrogens with zero attached hydrogens (tertiary/aromatic N) is 3. The number of carbonyl (C=O) groups is 1. The van der Waals surface area contributed by atoms with Crippen LogP contribution in [0.2, 0.25) is 0 Å².